The lowest BCUT2D eigenvalue weighted by atomic mass is 9.92. The predicted molar refractivity (Wildman–Crippen MR) is 102 cm³/mol. The van der Waals surface area contributed by atoms with Crippen LogP contribution in [0.25, 0.3) is 0 Å². The van der Waals surface area contributed by atoms with Gasteiger partial charge in [0.2, 0.25) is 0 Å². The van der Waals surface area contributed by atoms with Crippen LogP contribution in [-0.4, -0.2) is 15.5 Å². The molecule has 1 aliphatic heterocycles. The molecule has 0 aliphatic carbocycles. The van der Waals surface area contributed by atoms with E-state index >= 15 is 0 Å². The molecule has 1 saturated heterocycles. The van der Waals surface area contributed by atoms with Crippen LogP contribution in [0, 0.1) is 0 Å². The molecule has 1 fully saturated rings. The number of rotatable bonds is 5. The maximum atomic E-state index is 12.4. The van der Waals surface area contributed by atoms with Crippen LogP contribution in [0.2, 0.25) is 0 Å². The highest BCUT2D eigenvalue weighted by Crippen LogP contribution is 2.56. The van der Waals surface area contributed by atoms with Gasteiger partial charge in [-0.3, -0.25) is 0 Å². The van der Waals surface area contributed by atoms with Crippen molar-refractivity contribution in [2.24, 2.45) is 0 Å². The third kappa shape index (κ3) is 3.64. The molecule has 0 aromatic heterocycles. The normalized spacial score (nSPS) is 24.6. The van der Waals surface area contributed by atoms with Crippen molar-refractivity contribution >= 4 is 26.9 Å². The average molecular weight is 408 g/mol. The Hall–Kier alpha value is -1.01. The Morgan fingerprint density at radius 2 is 1.75 bits per heavy atom. The Labute approximate surface area is 154 Å². The predicted octanol–water partition coefficient (Wildman–Crippen LogP) is 4.47. The summed E-state index contributed by atoms with van der Waals surface area (Å²) in [4.78, 5) is 0. The number of ether oxygens (including phenoxy) is 1. The van der Waals surface area contributed by atoms with Gasteiger partial charge in [0.1, 0.15) is 11.7 Å². The summed E-state index contributed by atoms with van der Waals surface area (Å²) in [6.07, 6.45) is -0.0301. The zero-order valence-corrected chi connectivity index (χ0v) is 16.5. The summed E-state index contributed by atoms with van der Waals surface area (Å²) in [5.41, 5.74) is 1.78. The second-order valence-electron chi connectivity index (χ2n) is 7.01. The molecule has 0 spiro atoms. The van der Waals surface area contributed by atoms with Gasteiger partial charge in [-0.05, 0) is 44.0 Å². The molecule has 2 aromatic rings. The van der Waals surface area contributed by atoms with E-state index in [-0.39, 0.29) is 10.9 Å². The van der Waals surface area contributed by atoms with E-state index in [0.29, 0.717) is 6.54 Å². The first-order valence-electron chi connectivity index (χ1n) is 7.97. The van der Waals surface area contributed by atoms with E-state index < -0.39 is 16.6 Å². The number of hydrogen-bond donors (Lipinski definition) is 1. The van der Waals surface area contributed by atoms with Crippen LogP contribution >= 0.6 is 15.9 Å². The quantitative estimate of drug-likeness (QED) is 0.742. The number of nitrogens with one attached hydrogen (secondary N) is 1. The van der Waals surface area contributed by atoms with Crippen molar-refractivity contribution in [3.63, 3.8) is 0 Å². The number of benzene rings is 2. The summed E-state index contributed by atoms with van der Waals surface area (Å²) < 4.78 is 22.5. The van der Waals surface area contributed by atoms with Gasteiger partial charge in [0.15, 0.2) is 0 Å². The minimum Gasteiger partial charge on any atom is -0.354 e. The summed E-state index contributed by atoms with van der Waals surface area (Å²) in [5, 5.41) is 0. The lowest BCUT2D eigenvalue weighted by molar-refractivity contribution is 0.297. The van der Waals surface area contributed by atoms with E-state index in [0.717, 1.165) is 15.6 Å². The van der Waals surface area contributed by atoms with Crippen molar-refractivity contribution in [1.29, 1.82) is 0 Å². The number of hydrogen-bond acceptors (Lipinski definition) is 2. The Balaban J connectivity index is 1.85. The van der Waals surface area contributed by atoms with Gasteiger partial charge in [0.05, 0.1) is 15.7 Å². The molecular formula is C19H22BrNO2S. The van der Waals surface area contributed by atoms with Gasteiger partial charge in [-0.25, -0.2) is 8.93 Å². The molecule has 1 unspecified atom stereocenters. The zero-order chi connectivity index (χ0) is 17.4. The third-order valence-electron chi connectivity index (χ3n) is 4.15. The van der Waals surface area contributed by atoms with Gasteiger partial charge >= 0.3 is 0 Å². The Kier molecular flexibility index (Phi) is 4.98. The Morgan fingerprint density at radius 1 is 1.12 bits per heavy atom. The molecule has 128 valence electrons. The fraction of sp³-hybridized carbons (Fsp3) is 0.368. The minimum absolute atomic E-state index is 0.0301. The van der Waals surface area contributed by atoms with Crippen molar-refractivity contribution in [3.05, 3.63) is 70.2 Å². The molecule has 1 heterocycles. The molecule has 3 atom stereocenters. The topological polar surface area (TPSA) is 41.6 Å². The van der Waals surface area contributed by atoms with Crippen LogP contribution in [0.5, 0.6) is 0 Å². The molecule has 0 bridgehead atoms. The van der Waals surface area contributed by atoms with Gasteiger partial charge in [-0.15, -0.1) is 0 Å². The fourth-order valence-corrected chi connectivity index (χ4v) is 3.76. The molecule has 1 aliphatic rings. The monoisotopic (exact) mass is 407 g/mol. The number of halogens is 1. The molecule has 0 saturated carbocycles. The zero-order valence-electron chi connectivity index (χ0n) is 14.1. The van der Waals surface area contributed by atoms with E-state index in [4.69, 9.17) is 4.74 Å². The van der Waals surface area contributed by atoms with Gasteiger partial charge < -0.3 is 4.74 Å². The maximum Gasteiger partial charge on any atom is 0.138 e. The van der Waals surface area contributed by atoms with Crippen molar-refractivity contribution in [2.75, 3.05) is 6.54 Å². The van der Waals surface area contributed by atoms with E-state index in [9.17, 15) is 4.21 Å². The van der Waals surface area contributed by atoms with Crippen molar-refractivity contribution < 1.29 is 8.95 Å². The smallest absolute Gasteiger partial charge is 0.138 e. The largest absolute Gasteiger partial charge is 0.354 e. The van der Waals surface area contributed by atoms with Gasteiger partial charge in [-0.1, -0.05) is 58.4 Å². The van der Waals surface area contributed by atoms with Gasteiger partial charge in [0.25, 0.3) is 0 Å². The van der Waals surface area contributed by atoms with E-state index in [2.05, 4.69) is 44.9 Å². The van der Waals surface area contributed by atoms with Crippen LogP contribution < -0.4 is 4.72 Å². The third-order valence-corrected chi connectivity index (χ3v) is 6.20. The second-order valence-corrected chi connectivity index (χ2v) is 9.97. The summed E-state index contributed by atoms with van der Waals surface area (Å²) in [5.74, 6) is 0. The van der Waals surface area contributed by atoms with Gasteiger partial charge in [0, 0.05) is 11.0 Å². The van der Waals surface area contributed by atoms with E-state index in [1.807, 2.05) is 51.1 Å². The second kappa shape index (κ2) is 6.71. The molecule has 0 radical (unpaired) electrons. The van der Waals surface area contributed by atoms with Crippen molar-refractivity contribution in [1.82, 2.24) is 4.72 Å². The Morgan fingerprint density at radius 3 is 2.33 bits per heavy atom. The molecular weight excluding hydrogens is 386 g/mol. The van der Waals surface area contributed by atoms with Crippen LogP contribution in [0.1, 0.15) is 38.0 Å². The highest BCUT2D eigenvalue weighted by Gasteiger charge is 2.58. The molecule has 0 amide bonds. The highest BCUT2D eigenvalue weighted by atomic mass is 79.9. The molecule has 2 aromatic carbocycles. The molecule has 1 N–H and O–H groups in total. The van der Waals surface area contributed by atoms with Crippen LogP contribution in [-0.2, 0) is 21.3 Å². The SMILES string of the molecule is CC(C)(C)S(=O)NC[C@@]1(c2ccccc2)O[C@@H]1c1ccc(Br)cc1. The highest BCUT2D eigenvalue weighted by molar-refractivity contribution is 9.10. The molecule has 3 nitrogen and oxygen atoms in total. The summed E-state index contributed by atoms with van der Waals surface area (Å²) >= 11 is 3.47. The summed E-state index contributed by atoms with van der Waals surface area (Å²) in [6, 6.07) is 18.3. The van der Waals surface area contributed by atoms with Crippen LogP contribution in [0.4, 0.5) is 0 Å². The lowest BCUT2D eigenvalue weighted by Gasteiger charge is -2.21. The first kappa shape index (κ1) is 17.8. The van der Waals surface area contributed by atoms with Crippen molar-refractivity contribution in [3.8, 4) is 0 Å². The fourth-order valence-electron chi connectivity index (χ4n) is 2.72. The van der Waals surface area contributed by atoms with Gasteiger partial charge in [-0.2, -0.15) is 0 Å². The molecule has 5 heteroatoms. The maximum absolute atomic E-state index is 12.4. The first-order valence-corrected chi connectivity index (χ1v) is 9.91. The average Bonchev–Trinajstić information content (AvgIpc) is 3.29. The minimum atomic E-state index is -1.13. The number of epoxide rings is 1. The standard InChI is InChI=1S/C19H22BrNO2S/c1-18(2,3)24(22)21-13-19(15-7-5-4-6-8-15)17(23-19)14-9-11-16(20)12-10-14/h4-12,17,21H,13H2,1-3H3/t17-,19+,24?/m1/s1. The van der Waals surface area contributed by atoms with E-state index in [1.165, 1.54) is 0 Å². The first-order chi connectivity index (χ1) is 11.3. The molecule has 24 heavy (non-hydrogen) atoms. The van der Waals surface area contributed by atoms with Crippen LogP contribution in [0.3, 0.4) is 0 Å². The van der Waals surface area contributed by atoms with Crippen LogP contribution in [0.15, 0.2) is 59.1 Å². The van der Waals surface area contributed by atoms with E-state index in [1.54, 1.807) is 0 Å². The Bertz CT molecular complexity index is 727. The summed E-state index contributed by atoms with van der Waals surface area (Å²) in [7, 11) is -1.13. The lowest BCUT2D eigenvalue weighted by Crippen LogP contribution is -2.38. The summed E-state index contributed by atoms with van der Waals surface area (Å²) in [6.45, 7) is 6.41. The van der Waals surface area contributed by atoms with Crippen molar-refractivity contribution in [2.45, 2.75) is 37.2 Å². The molecule has 3 rings (SSSR count).